The predicted octanol–water partition coefficient (Wildman–Crippen LogP) is 6.14. The topological polar surface area (TPSA) is 17.8 Å². The van der Waals surface area contributed by atoms with E-state index in [9.17, 15) is 13.2 Å². The molecule has 2 nitrogen and oxygen atoms in total. The van der Waals surface area contributed by atoms with E-state index in [2.05, 4.69) is 5.10 Å². The molecule has 132 valence electrons. The van der Waals surface area contributed by atoms with Crippen LogP contribution in [0.3, 0.4) is 0 Å². The van der Waals surface area contributed by atoms with E-state index in [0.29, 0.717) is 5.69 Å². The van der Waals surface area contributed by atoms with Crippen molar-refractivity contribution in [1.82, 2.24) is 9.78 Å². The van der Waals surface area contributed by atoms with Gasteiger partial charge in [-0.15, -0.1) is 0 Å². The number of halogens is 4. The Morgan fingerprint density at radius 1 is 0.917 bits per heavy atom. The van der Waals surface area contributed by atoms with Crippen LogP contribution < -0.4 is 0 Å². The normalized spacial score (nSPS) is 13.4. The highest BCUT2D eigenvalue weighted by Crippen LogP contribution is 2.36. The van der Waals surface area contributed by atoms with Crippen molar-refractivity contribution < 1.29 is 13.2 Å². The van der Waals surface area contributed by atoms with Crippen LogP contribution in [0.25, 0.3) is 5.69 Å². The summed E-state index contributed by atoms with van der Waals surface area (Å²) in [6.07, 6.45) is -4.42. The first-order valence-electron chi connectivity index (χ1n) is 7.69. The van der Waals surface area contributed by atoms with Gasteiger partial charge in [-0.25, -0.2) is 4.68 Å². The van der Waals surface area contributed by atoms with Crippen LogP contribution >= 0.6 is 11.6 Å². The number of benzene rings is 1. The molecule has 2 aromatic rings. The van der Waals surface area contributed by atoms with E-state index in [0.717, 1.165) is 23.5 Å². The second kappa shape index (κ2) is 5.80. The van der Waals surface area contributed by atoms with Gasteiger partial charge in [0.1, 0.15) is 0 Å². The number of rotatable bonds is 1. The standard InChI is InChI=1S/C18H22ClF3N2/c1-16(2,3)14-10-15(17(4,5)6)24(23-14)13-8-7-11(9-12(13)19)18(20,21)22/h7-10H,1-6H3. The summed E-state index contributed by atoms with van der Waals surface area (Å²) in [5.74, 6) is 0. The fourth-order valence-electron chi connectivity index (χ4n) is 2.32. The Morgan fingerprint density at radius 3 is 1.92 bits per heavy atom. The molecule has 0 spiro atoms. The molecule has 0 aliphatic rings. The molecule has 1 aromatic carbocycles. The third-order valence-corrected chi connectivity index (χ3v) is 4.05. The summed E-state index contributed by atoms with van der Waals surface area (Å²) in [5.41, 5.74) is 1.03. The Kier molecular flexibility index (Phi) is 4.55. The molecule has 0 saturated heterocycles. The van der Waals surface area contributed by atoms with Gasteiger partial charge in [0, 0.05) is 16.5 Å². The first-order valence-corrected chi connectivity index (χ1v) is 8.07. The molecule has 0 N–H and O–H groups in total. The van der Waals surface area contributed by atoms with E-state index in [1.165, 1.54) is 6.07 Å². The van der Waals surface area contributed by atoms with Crippen molar-refractivity contribution in [3.63, 3.8) is 0 Å². The molecule has 0 aliphatic heterocycles. The summed E-state index contributed by atoms with van der Waals surface area (Å²) in [6, 6.07) is 5.35. The molecule has 0 radical (unpaired) electrons. The van der Waals surface area contributed by atoms with Crippen LogP contribution in [0.5, 0.6) is 0 Å². The van der Waals surface area contributed by atoms with Gasteiger partial charge in [0.25, 0.3) is 0 Å². The molecular weight excluding hydrogens is 337 g/mol. The predicted molar refractivity (Wildman–Crippen MR) is 91.0 cm³/mol. The maximum absolute atomic E-state index is 12.8. The summed E-state index contributed by atoms with van der Waals surface area (Å²) in [5, 5.41) is 4.65. The number of hydrogen-bond acceptors (Lipinski definition) is 1. The van der Waals surface area contributed by atoms with Crippen LogP contribution in [0.2, 0.25) is 5.02 Å². The zero-order valence-corrected chi connectivity index (χ0v) is 15.5. The van der Waals surface area contributed by atoms with Crippen molar-refractivity contribution >= 4 is 11.6 Å². The summed E-state index contributed by atoms with van der Waals surface area (Å²) in [6.45, 7) is 12.2. The second-order valence-electron chi connectivity index (χ2n) is 7.99. The summed E-state index contributed by atoms with van der Waals surface area (Å²) < 4.78 is 40.2. The Hall–Kier alpha value is -1.49. The molecule has 6 heteroatoms. The number of alkyl halides is 3. The van der Waals surface area contributed by atoms with Crippen LogP contribution in [0.1, 0.15) is 58.5 Å². The number of nitrogens with zero attached hydrogens (tertiary/aromatic N) is 2. The van der Waals surface area contributed by atoms with Crippen molar-refractivity contribution in [1.29, 1.82) is 0 Å². The average Bonchev–Trinajstić information content (AvgIpc) is 2.82. The molecule has 2 rings (SSSR count). The molecule has 0 aliphatic carbocycles. The van der Waals surface area contributed by atoms with E-state index < -0.39 is 11.7 Å². The van der Waals surface area contributed by atoms with Crippen molar-refractivity contribution in [2.24, 2.45) is 0 Å². The zero-order chi connectivity index (χ0) is 18.5. The van der Waals surface area contributed by atoms with Gasteiger partial charge in [-0.1, -0.05) is 53.1 Å². The highest BCUT2D eigenvalue weighted by molar-refractivity contribution is 6.32. The molecular formula is C18H22ClF3N2. The minimum atomic E-state index is -4.42. The molecule has 24 heavy (non-hydrogen) atoms. The van der Waals surface area contributed by atoms with Gasteiger partial charge in [-0.05, 0) is 24.3 Å². The first kappa shape index (κ1) is 18.8. The SMILES string of the molecule is CC(C)(C)c1cc(C(C)(C)C)n(-c2ccc(C(F)(F)F)cc2Cl)n1. The van der Waals surface area contributed by atoms with E-state index in [-0.39, 0.29) is 15.9 Å². The Labute approximate surface area is 145 Å². The minimum Gasteiger partial charge on any atom is -0.235 e. The molecule has 0 atom stereocenters. The van der Waals surface area contributed by atoms with E-state index in [1.807, 2.05) is 47.6 Å². The lowest BCUT2D eigenvalue weighted by Crippen LogP contribution is -2.18. The van der Waals surface area contributed by atoms with Crippen LogP contribution in [-0.2, 0) is 17.0 Å². The summed E-state index contributed by atoms with van der Waals surface area (Å²) in [4.78, 5) is 0. The Morgan fingerprint density at radius 2 is 1.50 bits per heavy atom. The lowest BCUT2D eigenvalue weighted by Gasteiger charge is -2.21. The fourth-order valence-corrected chi connectivity index (χ4v) is 2.58. The Balaban J connectivity index is 2.66. The van der Waals surface area contributed by atoms with Gasteiger partial charge in [-0.2, -0.15) is 18.3 Å². The van der Waals surface area contributed by atoms with Crippen molar-refractivity contribution in [3.8, 4) is 5.69 Å². The molecule has 1 heterocycles. The van der Waals surface area contributed by atoms with Crippen LogP contribution in [-0.4, -0.2) is 9.78 Å². The lowest BCUT2D eigenvalue weighted by molar-refractivity contribution is -0.137. The van der Waals surface area contributed by atoms with Crippen LogP contribution in [0.4, 0.5) is 13.2 Å². The number of aromatic nitrogens is 2. The van der Waals surface area contributed by atoms with Crippen LogP contribution in [0, 0.1) is 0 Å². The lowest BCUT2D eigenvalue weighted by atomic mass is 9.88. The van der Waals surface area contributed by atoms with E-state index in [1.54, 1.807) is 4.68 Å². The smallest absolute Gasteiger partial charge is 0.235 e. The van der Waals surface area contributed by atoms with Crippen LogP contribution in [0.15, 0.2) is 24.3 Å². The molecule has 1 aromatic heterocycles. The summed E-state index contributed by atoms with van der Waals surface area (Å²) in [7, 11) is 0. The first-order chi connectivity index (χ1) is 10.7. The number of hydrogen-bond donors (Lipinski definition) is 0. The van der Waals surface area contributed by atoms with Crippen molar-refractivity contribution in [3.05, 3.63) is 46.2 Å². The van der Waals surface area contributed by atoms with Crippen molar-refractivity contribution in [2.45, 2.75) is 58.5 Å². The van der Waals surface area contributed by atoms with Crippen molar-refractivity contribution in [2.75, 3.05) is 0 Å². The molecule has 0 fully saturated rings. The largest absolute Gasteiger partial charge is 0.416 e. The maximum Gasteiger partial charge on any atom is 0.416 e. The Bertz CT molecular complexity index is 747. The van der Waals surface area contributed by atoms with E-state index >= 15 is 0 Å². The molecule has 0 amide bonds. The molecule has 0 unspecified atom stereocenters. The van der Waals surface area contributed by atoms with Gasteiger partial charge in [0.2, 0.25) is 0 Å². The highest BCUT2D eigenvalue weighted by Gasteiger charge is 2.32. The third kappa shape index (κ3) is 3.77. The highest BCUT2D eigenvalue weighted by atomic mass is 35.5. The maximum atomic E-state index is 12.8. The van der Waals surface area contributed by atoms with E-state index in [4.69, 9.17) is 11.6 Å². The molecule has 0 bridgehead atoms. The minimum absolute atomic E-state index is 0.0267. The van der Waals surface area contributed by atoms with Gasteiger partial charge in [0.15, 0.2) is 0 Å². The fraction of sp³-hybridized carbons (Fsp3) is 0.500. The van der Waals surface area contributed by atoms with Gasteiger partial charge >= 0.3 is 6.18 Å². The molecule has 0 saturated carbocycles. The quantitative estimate of drug-likeness (QED) is 0.598. The van der Waals surface area contributed by atoms with Gasteiger partial charge in [-0.3, -0.25) is 0 Å². The average molecular weight is 359 g/mol. The second-order valence-corrected chi connectivity index (χ2v) is 8.40. The monoisotopic (exact) mass is 358 g/mol. The zero-order valence-electron chi connectivity index (χ0n) is 14.7. The third-order valence-electron chi connectivity index (χ3n) is 3.75. The summed E-state index contributed by atoms with van der Waals surface area (Å²) >= 11 is 6.15. The van der Waals surface area contributed by atoms with Gasteiger partial charge < -0.3 is 0 Å². The van der Waals surface area contributed by atoms with Gasteiger partial charge in [0.05, 0.1) is 22.0 Å².